The number of carbonyl (C=O) groups is 1. The maximum absolute atomic E-state index is 13.0. The number of carbonyl (C=O) groups excluding carboxylic acids is 1. The zero-order valence-corrected chi connectivity index (χ0v) is 17.3. The highest BCUT2D eigenvalue weighted by Crippen LogP contribution is 2.44. The summed E-state index contributed by atoms with van der Waals surface area (Å²) in [7, 11) is 0.0206. The Morgan fingerprint density at radius 3 is 2.28 bits per heavy atom. The van der Waals surface area contributed by atoms with Gasteiger partial charge in [0, 0.05) is 37.2 Å². The minimum atomic E-state index is -3.77. The van der Waals surface area contributed by atoms with E-state index in [1.807, 2.05) is 17.0 Å². The number of ether oxygens (including phenoxy) is 1. The van der Waals surface area contributed by atoms with Crippen LogP contribution in [-0.2, 0) is 10.0 Å². The Labute approximate surface area is 171 Å². The predicted octanol–water partition coefficient (Wildman–Crippen LogP) is 1.72. The van der Waals surface area contributed by atoms with E-state index >= 15 is 0 Å². The molecule has 2 heterocycles. The fraction of sp³-hybridized carbons (Fsp3) is 0.381. The zero-order valence-electron chi connectivity index (χ0n) is 16.5. The van der Waals surface area contributed by atoms with Crippen molar-refractivity contribution >= 4 is 15.9 Å². The van der Waals surface area contributed by atoms with Gasteiger partial charge in [-0.05, 0) is 54.9 Å². The van der Waals surface area contributed by atoms with Crippen molar-refractivity contribution in [2.75, 3.05) is 33.8 Å². The van der Waals surface area contributed by atoms with Crippen molar-refractivity contribution in [3.8, 4) is 5.75 Å². The molecule has 154 valence electrons. The van der Waals surface area contributed by atoms with E-state index in [0.29, 0.717) is 30.5 Å². The molecule has 2 N–H and O–H groups in total. The Bertz CT molecular complexity index is 1010. The summed E-state index contributed by atoms with van der Waals surface area (Å²) in [6.45, 7) is 2.33. The predicted molar refractivity (Wildman–Crippen MR) is 109 cm³/mol. The van der Waals surface area contributed by atoms with Crippen molar-refractivity contribution in [3.05, 3.63) is 59.7 Å². The number of likely N-dealkylation sites (tertiary alicyclic amines) is 2. The van der Waals surface area contributed by atoms with Gasteiger partial charge in [-0.25, -0.2) is 13.6 Å². The second-order valence-corrected chi connectivity index (χ2v) is 9.42. The van der Waals surface area contributed by atoms with Crippen LogP contribution in [0.2, 0.25) is 0 Å². The van der Waals surface area contributed by atoms with Crippen LogP contribution < -0.4 is 9.88 Å². The molecule has 0 radical (unpaired) electrons. The van der Waals surface area contributed by atoms with Crippen molar-refractivity contribution in [2.45, 2.75) is 10.9 Å². The molecule has 8 heteroatoms. The first kappa shape index (κ1) is 19.9. The number of nitrogens with two attached hydrogens (primary N) is 1. The van der Waals surface area contributed by atoms with Gasteiger partial charge in [0.15, 0.2) is 0 Å². The van der Waals surface area contributed by atoms with Crippen LogP contribution >= 0.6 is 0 Å². The molecule has 29 heavy (non-hydrogen) atoms. The number of nitrogens with zero attached hydrogens (tertiary/aromatic N) is 2. The third-order valence-corrected chi connectivity index (χ3v) is 7.00. The molecule has 2 aromatic rings. The van der Waals surface area contributed by atoms with Crippen LogP contribution in [0.1, 0.15) is 22.0 Å². The van der Waals surface area contributed by atoms with Crippen LogP contribution in [0.5, 0.6) is 5.75 Å². The first-order chi connectivity index (χ1) is 13.8. The summed E-state index contributed by atoms with van der Waals surface area (Å²) in [5.74, 6) is 1.54. The SMILES string of the molecule is COc1ccc([C@H]2[C@@H]3CN(C(=O)c4ccc(S(N)(=O)=O)cc4)C[C@@H]3CN2C)cc1. The number of primary sulfonamides is 1. The van der Waals surface area contributed by atoms with Crippen molar-refractivity contribution in [3.63, 3.8) is 0 Å². The highest BCUT2D eigenvalue weighted by Gasteiger charge is 2.47. The first-order valence-electron chi connectivity index (χ1n) is 9.54. The van der Waals surface area contributed by atoms with Gasteiger partial charge in [-0.2, -0.15) is 0 Å². The van der Waals surface area contributed by atoms with E-state index < -0.39 is 10.0 Å². The van der Waals surface area contributed by atoms with Crippen molar-refractivity contribution < 1.29 is 17.9 Å². The number of sulfonamides is 1. The fourth-order valence-corrected chi connectivity index (χ4v) is 5.21. The molecule has 2 fully saturated rings. The van der Waals surface area contributed by atoms with E-state index in [-0.39, 0.29) is 16.8 Å². The van der Waals surface area contributed by atoms with E-state index in [1.54, 1.807) is 7.11 Å². The minimum Gasteiger partial charge on any atom is -0.497 e. The van der Waals surface area contributed by atoms with Gasteiger partial charge in [0.2, 0.25) is 10.0 Å². The van der Waals surface area contributed by atoms with Gasteiger partial charge < -0.3 is 9.64 Å². The van der Waals surface area contributed by atoms with Gasteiger partial charge in [0.25, 0.3) is 5.91 Å². The lowest BCUT2D eigenvalue weighted by Gasteiger charge is -2.27. The topological polar surface area (TPSA) is 92.9 Å². The third kappa shape index (κ3) is 3.75. The molecule has 0 unspecified atom stereocenters. The number of methoxy groups -OCH3 is 1. The molecule has 0 bridgehead atoms. The number of fused-ring (bicyclic) bond motifs is 1. The molecule has 2 aliphatic rings. The van der Waals surface area contributed by atoms with Gasteiger partial charge >= 0.3 is 0 Å². The third-order valence-electron chi connectivity index (χ3n) is 6.07. The maximum atomic E-state index is 13.0. The highest BCUT2D eigenvalue weighted by molar-refractivity contribution is 7.89. The van der Waals surface area contributed by atoms with Crippen LogP contribution in [0.25, 0.3) is 0 Å². The second kappa shape index (κ2) is 7.44. The summed E-state index contributed by atoms with van der Waals surface area (Å²) in [5, 5.41) is 5.13. The Balaban J connectivity index is 1.51. The minimum absolute atomic E-state index is 0.00790. The van der Waals surface area contributed by atoms with Crippen molar-refractivity contribution in [2.24, 2.45) is 17.0 Å². The molecule has 0 aromatic heterocycles. The Morgan fingerprint density at radius 2 is 1.69 bits per heavy atom. The lowest BCUT2D eigenvalue weighted by atomic mass is 9.89. The molecule has 2 saturated heterocycles. The smallest absolute Gasteiger partial charge is 0.253 e. The molecule has 2 aliphatic heterocycles. The number of amides is 1. The molecular weight excluding hydrogens is 390 g/mol. The summed E-state index contributed by atoms with van der Waals surface area (Å²) in [6.07, 6.45) is 0. The summed E-state index contributed by atoms with van der Waals surface area (Å²) < 4.78 is 28.1. The molecule has 3 atom stereocenters. The summed E-state index contributed by atoms with van der Waals surface area (Å²) in [5.41, 5.74) is 1.71. The quantitative estimate of drug-likeness (QED) is 0.821. The Kier molecular flexibility index (Phi) is 5.10. The lowest BCUT2D eigenvalue weighted by molar-refractivity contribution is 0.0767. The molecule has 0 saturated carbocycles. The second-order valence-electron chi connectivity index (χ2n) is 7.86. The molecule has 0 aliphatic carbocycles. The maximum Gasteiger partial charge on any atom is 0.253 e. The van der Waals surface area contributed by atoms with Crippen molar-refractivity contribution in [1.82, 2.24) is 9.80 Å². The molecule has 4 rings (SSSR count). The number of rotatable bonds is 4. The van der Waals surface area contributed by atoms with Gasteiger partial charge in [-0.15, -0.1) is 0 Å². The first-order valence-corrected chi connectivity index (χ1v) is 11.1. The largest absolute Gasteiger partial charge is 0.497 e. The van der Waals surface area contributed by atoms with E-state index in [9.17, 15) is 13.2 Å². The zero-order chi connectivity index (χ0) is 20.8. The normalized spacial score (nSPS) is 24.5. The molecule has 2 aromatic carbocycles. The van der Waals surface area contributed by atoms with E-state index in [4.69, 9.17) is 9.88 Å². The molecule has 7 nitrogen and oxygen atoms in total. The monoisotopic (exact) mass is 415 g/mol. The van der Waals surface area contributed by atoms with Crippen LogP contribution in [0.3, 0.4) is 0 Å². The van der Waals surface area contributed by atoms with E-state index in [1.165, 1.54) is 29.8 Å². The molecular formula is C21H25N3O4S. The Hall–Kier alpha value is -2.42. The van der Waals surface area contributed by atoms with E-state index in [2.05, 4.69) is 24.1 Å². The lowest BCUT2D eigenvalue weighted by Crippen LogP contribution is -2.33. The fourth-order valence-electron chi connectivity index (χ4n) is 4.70. The average molecular weight is 416 g/mol. The summed E-state index contributed by atoms with van der Waals surface area (Å²) in [4.78, 5) is 17.2. The van der Waals surface area contributed by atoms with Crippen LogP contribution in [0.15, 0.2) is 53.4 Å². The van der Waals surface area contributed by atoms with Gasteiger partial charge in [-0.3, -0.25) is 9.69 Å². The van der Waals surface area contributed by atoms with Crippen LogP contribution in [-0.4, -0.2) is 57.9 Å². The van der Waals surface area contributed by atoms with Crippen LogP contribution in [0, 0.1) is 11.8 Å². The highest BCUT2D eigenvalue weighted by atomic mass is 32.2. The molecule has 1 amide bonds. The van der Waals surface area contributed by atoms with Crippen LogP contribution in [0.4, 0.5) is 0 Å². The summed E-state index contributed by atoms with van der Waals surface area (Å²) in [6, 6.07) is 14.2. The number of hydrogen-bond acceptors (Lipinski definition) is 5. The number of hydrogen-bond donors (Lipinski definition) is 1. The average Bonchev–Trinajstić information content (AvgIpc) is 3.23. The summed E-state index contributed by atoms with van der Waals surface area (Å²) >= 11 is 0. The number of benzene rings is 2. The van der Waals surface area contributed by atoms with Gasteiger partial charge in [-0.1, -0.05) is 12.1 Å². The Morgan fingerprint density at radius 1 is 1.03 bits per heavy atom. The molecule has 0 spiro atoms. The standard InChI is InChI=1S/C21H25N3O4S/c1-23-11-16-12-24(21(25)15-5-9-18(10-6-15)29(22,26)27)13-19(16)20(23)14-3-7-17(28-2)8-4-14/h3-10,16,19-20H,11-13H2,1-2H3,(H2,22,26,27)/t16-,19+,20-/m0/s1. The van der Waals surface area contributed by atoms with E-state index in [0.717, 1.165) is 12.3 Å². The van der Waals surface area contributed by atoms with Gasteiger partial charge in [0.1, 0.15) is 5.75 Å². The van der Waals surface area contributed by atoms with Gasteiger partial charge in [0.05, 0.1) is 12.0 Å². The van der Waals surface area contributed by atoms with Crippen molar-refractivity contribution in [1.29, 1.82) is 0 Å².